The van der Waals surface area contributed by atoms with Crippen molar-refractivity contribution < 1.29 is 59.8 Å². The lowest BCUT2D eigenvalue weighted by Gasteiger charge is -2.59. The lowest BCUT2D eigenvalue weighted by atomic mass is 9.46. The molecule has 4 rings (SSSR count). The third kappa shape index (κ3) is 7.37. The smallest absolute Gasteiger partial charge is 0.186 e. The highest BCUT2D eigenvalue weighted by Crippen LogP contribution is 2.62. The normalized spacial score (nSPS) is 47.3. The van der Waals surface area contributed by atoms with E-state index in [9.17, 15) is 40.9 Å². The van der Waals surface area contributed by atoms with Gasteiger partial charge in [0.05, 0.1) is 26.4 Å². The van der Waals surface area contributed by atoms with E-state index < -0.39 is 74.6 Å². The zero-order chi connectivity index (χ0) is 32.4. The monoisotopic (exact) mass is 632 g/mol. The van der Waals surface area contributed by atoms with Crippen LogP contribution in [0.4, 0.5) is 0 Å². The molecule has 0 aromatic rings. The Kier molecular flexibility index (Phi) is 12.3. The minimum absolute atomic E-state index is 0.00756. The van der Waals surface area contributed by atoms with Gasteiger partial charge in [0.15, 0.2) is 12.6 Å². The Hall–Kier alpha value is -0.740. The molecule has 8 N–H and O–H groups in total. The number of hydrogen-bond donors (Lipinski definition) is 8. The molecule has 2 saturated carbocycles. The predicted molar refractivity (Wildman–Crippen MR) is 158 cm³/mol. The molecule has 0 spiro atoms. The van der Waals surface area contributed by atoms with Gasteiger partial charge in [-0.3, -0.25) is 0 Å². The molecule has 44 heavy (non-hydrogen) atoms. The Morgan fingerprint density at radius 3 is 1.95 bits per heavy atom. The Balaban J connectivity index is 1.32. The van der Waals surface area contributed by atoms with Crippen LogP contribution in [0.15, 0.2) is 12.2 Å². The first kappa shape index (κ1) is 36.1. The van der Waals surface area contributed by atoms with Gasteiger partial charge in [-0.05, 0) is 67.1 Å². The molecule has 2 aliphatic carbocycles. The molecule has 2 aliphatic heterocycles. The fraction of sp³-hybridized carbons (Fsp3) is 0.938. The van der Waals surface area contributed by atoms with E-state index in [1.165, 1.54) is 5.57 Å². The Morgan fingerprint density at radius 2 is 1.39 bits per heavy atom. The van der Waals surface area contributed by atoms with Gasteiger partial charge in [-0.25, -0.2) is 0 Å². The van der Waals surface area contributed by atoms with Gasteiger partial charge in [0.25, 0.3) is 0 Å². The van der Waals surface area contributed by atoms with Crippen molar-refractivity contribution in [3.05, 3.63) is 12.2 Å². The number of ether oxygens (including phenoxy) is 4. The summed E-state index contributed by atoms with van der Waals surface area (Å²) in [6.07, 6.45) is -5.27. The summed E-state index contributed by atoms with van der Waals surface area (Å²) in [5.74, 6) is 0.970. The van der Waals surface area contributed by atoms with Crippen molar-refractivity contribution >= 4 is 0 Å². The second-order valence-corrected chi connectivity index (χ2v) is 14.4. The van der Waals surface area contributed by atoms with Crippen LogP contribution in [0.2, 0.25) is 0 Å². The van der Waals surface area contributed by atoms with Crippen molar-refractivity contribution in [2.24, 2.45) is 28.6 Å². The first-order valence-corrected chi connectivity index (χ1v) is 16.3. The highest BCUT2D eigenvalue weighted by Gasteiger charge is 2.55. The molecule has 0 unspecified atom stereocenters. The van der Waals surface area contributed by atoms with Gasteiger partial charge >= 0.3 is 0 Å². The number of aliphatic hydroxyl groups excluding tert-OH is 8. The zero-order valence-corrected chi connectivity index (χ0v) is 26.4. The van der Waals surface area contributed by atoms with E-state index in [4.69, 9.17) is 18.9 Å². The van der Waals surface area contributed by atoms with Gasteiger partial charge in [0.2, 0.25) is 0 Å². The summed E-state index contributed by atoms with van der Waals surface area (Å²) >= 11 is 0. The van der Waals surface area contributed by atoms with Gasteiger partial charge in [0, 0.05) is 0 Å². The van der Waals surface area contributed by atoms with Gasteiger partial charge in [-0.15, -0.1) is 0 Å². The second kappa shape index (κ2) is 15.0. The molecule has 4 aliphatic rings. The first-order chi connectivity index (χ1) is 20.8. The van der Waals surface area contributed by atoms with Gasteiger partial charge in [-0.2, -0.15) is 0 Å². The van der Waals surface area contributed by atoms with Gasteiger partial charge in [0.1, 0.15) is 48.8 Å². The van der Waals surface area contributed by atoms with Crippen LogP contribution < -0.4 is 0 Å². The van der Waals surface area contributed by atoms with E-state index in [2.05, 4.69) is 27.4 Å². The van der Waals surface area contributed by atoms with Crippen LogP contribution in [-0.4, -0.2) is 129 Å². The number of rotatable bonds is 12. The van der Waals surface area contributed by atoms with Crippen molar-refractivity contribution in [3.63, 3.8) is 0 Å². The molecule has 15 atom stereocenters. The summed E-state index contributed by atoms with van der Waals surface area (Å²) in [6.45, 7) is 10.9. The quantitative estimate of drug-likeness (QED) is 0.136. The van der Waals surface area contributed by atoms with E-state index in [1.807, 2.05) is 0 Å². The van der Waals surface area contributed by atoms with Crippen molar-refractivity contribution in [1.29, 1.82) is 0 Å². The maximum atomic E-state index is 10.5. The van der Waals surface area contributed by atoms with Crippen LogP contribution >= 0.6 is 0 Å². The molecular weight excluding hydrogens is 576 g/mol. The summed E-state index contributed by atoms with van der Waals surface area (Å²) in [6, 6.07) is 0. The Labute approximate surface area is 260 Å². The molecule has 12 nitrogen and oxygen atoms in total. The minimum atomic E-state index is -1.47. The molecule has 256 valence electrons. The second-order valence-electron chi connectivity index (χ2n) is 14.4. The lowest BCUT2D eigenvalue weighted by molar-refractivity contribution is -0.309. The molecule has 4 fully saturated rings. The molecule has 2 saturated heterocycles. The number of aliphatic hydroxyl groups is 8. The molecule has 0 aromatic heterocycles. The summed E-state index contributed by atoms with van der Waals surface area (Å²) in [5.41, 5.74) is 1.08. The summed E-state index contributed by atoms with van der Waals surface area (Å²) in [7, 11) is 0. The fourth-order valence-electron chi connectivity index (χ4n) is 8.45. The standard InChI is InChI=1S/C32H56O12/c1-17(10-13-41-29-27(39)25(37)23(35)20(14-33)43-29)6-8-19-18(2)7-9-22-31(3,11-5-12-32(19,22)4)16-42-30-28(40)26(38)24(36)21(15-34)44-30/h17,19-30,33-40H,2,5-16H2,1,3-4H3/t17-,19-,20+,21+,22-,23+,24+,25-,26-,27+,28+,29+,30+,31+,32+/m0/s1. The molecule has 0 amide bonds. The van der Waals surface area contributed by atoms with Crippen LogP contribution in [0.3, 0.4) is 0 Å². The zero-order valence-electron chi connectivity index (χ0n) is 26.4. The molecule has 12 heteroatoms. The maximum Gasteiger partial charge on any atom is 0.186 e. The average molecular weight is 633 g/mol. The summed E-state index contributed by atoms with van der Waals surface area (Å²) in [4.78, 5) is 0. The Morgan fingerprint density at radius 1 is 0.818 bits per heavy atom. The molecule has 0 aromatic carbocycles. The lowest BCUT2D eigenvalue weighted by Crippen LogP contribution is -2.60. The van der Waals surface area contributed by atoms with Crippen LogP contribution in [0.5, 0.6) is 0 Å². The fourth-order valence-corrected chi connectivity index (χ4v) is 8.45. The van der Waals surface area contributed by atoms with Crippen molar-refractivity contribution in [2.75, 3.05) is 26.4 Å². The van der Waals surface area contributed by atoms with Gasteiger partial charge < -0.3 is 59.8 Å². The van der Waals surface area contributed by atoms with E-state index in [0.717, 1.165) is 44.9 Å². The first-order valence-electron chi connectivity index (χ1n) is 16.3. The highest BCUT2D eigenvalue weighted by atomic mass is 16.7. The van der Waals surface area contributed by atoms with Crippen LogP contribution in [0.25, 0.3) is 0 Å². The van der Waals surface area contributed by atoms with Crippen molar-refractivity contribution in [3.8, 4) is 0 Å². The largest absolute Gasteiger partial charge is 0.394 e. The van der Waals surface area contributed by atoms with Crippen molar-refractivity contribution in [1.82, 2.24) is 0 Å². The SMILES string of the molecule is C=C1CC[C@H]2[C@@](C)(CO[C@@H]3O[C@H](CO)[C@@H](O)[C@H](O)[C@H]3O)CCC[C@]2(C)[C@H]1CC[C@H](C)CCO[C@@H]1O[C@H](CO)[C@@H](O)[C@H](O)[C@H]1O. The van der Waals surface area contributed by atoms with Gasteiger partial charge in [-0.1, -0.05) is 45.8 Å². The maximum absolute atomic E-state index is 10.5. The average Bonchev–Trinajstić information content (AvgIpc) is 2.99. The third-order valence-corrected chi connectivity index (χ3v) is 11.3. The van der Waals surface area contributed by atoms with E-state index >= 15 is 0 Å². The van der Waals surface area contributed by atoms with E-state index in [1.54, 1.807) is 0 Å². The topological polar surface area (TPSA) is 199 Å². The molecule has 0 bridgehead atoms. The molecule has 2 heterocycles. The molecular formula is C32H56O12. The van der Waals surface area contributed by atoms with E-state index in [-0.39, 0.29) is 10.8 Å². The van der Waals surface area contributed by atoms with Crippen LogP contribution in [0.1, 0.15) is 72.1 Å². The van der Waals surface area contributed by atoms with Crippen molar-refractivity contribution in [2.45, 2.75) is 134 Å². The molecule has 0 radical (unpaired) electrons. The van der Waals surface area contributed by atoms with Crippen LogP contribution in [-0.2, 0) is 18.9 Å². The summed E-state index contributed by atoms with van der Waals surface area (Å²) < 4.78 is 22.9. The Bertz CT molecular complexity index is 933. The summed E-state index contributed by atoms with van der Waals surface area (Å²) in [5, 5.41) is 80.0. The number of fused-ring (bicyclic) bond motifs is 1. The number of allylic oxidation sites excluding steroid dienone is 1. The number of hydrogen-bond acceptors (Lipinski definition) is 12. The van der Waals surface area contributed by atoms with E-state index in [0.29, 0.717) is 37.4 Å². The van der Waals surface area contributed by atoms with Crippen LogP contribution in [0, 0.1) is 28.6 Å². The highest BCUT2D eigenvalue weighted by molar-refractivity contribution is 5.16. The minimum Gasteiger partial charge on any atom is -0.394 e. The predicted octanol–water partition coefficient (Wildman–Crippen LogP) is 0.205. The third-order valence-electron chi connectivity index (χ3n) is 11.3.